The van der Waals surface area contributed by atoms with Crippen molar-refractivity contribution in [1.82, 2.24) is 15.0 Å². The minimum Gasteiger partial charge on any atom is -0.420 e. The molecule has 0 saturated heterocycles. The van der Waals surface area contributed by atoms with Crippen LogP contribution < -0.4 is 27.0 Å². The second-order valence-corrected chi connectivity index (χ2v) is 6.46. The Morgan fingerprint density at radius 3 is 2.58 bits per heavy atom. The Bertz CT molecular complexity index is 1150. The van der Waals surface area contributed by atoms with E-state index in [-0.39, 0.29) is 11.7 Å². The number of hydrogen-bond acceptors (Lipinski definition) is 9. The van der Waals surface area contributed by atoms with Gasteiger partial charge in [0, 0.05) is 17.4 Å². The molecule has 6 N–H and O–H groups in total. The van der Waals surface area contributed by atoms with Crippen molar-refractivity contribution in [1.29, 1.82) is 0 Å². The van der Waals surface area contributed by atoms with Crippen molar-refractivity contribution < 1.29 is 14.3 Å². The van der Waals surface area contributed by atoms with E-state index in [0.29, 0.717) is 34.3 Å². The number of pyridine rings is 1. The number of ether oxygens (including phenoxy) is 1. The molecule has 3 aromatic rings. The number of hydrogen-bond donors (Lipinski definition) is 4. The van der Waals surface area contributed by atoms with Crippen LogP contribution in [0.3, 0.4) is 0 Å². The summed E-state index contributed by atoms with van der Waals surface area (Å²) in [4.78, 5) is 37.7. The number of nitrogens with zero attached hydrogens (tertiary/aromatic N) is 4. The van der Waals surface area contributed by atoms with E-state index in [1.165, 1.54) is 6.33 Å². The van der Waals surface area contributed by atoms with Crippen LogP contribution in [0.5, 0.6) is 0 Å². The Balaban J connectivity index is 1.65. The molecule has 0 radical (unpaired) electrons. The zero-order chi connectivity index (χ0) is 22.0. The van der Waals surface area contributed by atoms with E-state index in [0.717, 1.165) is 0 Å². The van der Waals surface area contributed by atoms with Gasteiger partial charge in [-0.2, -0.15) is 0 Å². The third kappa shape index (κ3) is 3.92. The lowest BCUT2D eigenvalue weighted by Crippen LogP contribution is -2.41. The fourth-order valence-electron chi connectivity index (χ4n) is 3.08. The smallest absolute Gasteiger partial charge is 0.406 e. The Morgan fingerprint density at radius 2 is 1.90 bits per heavy atom. The largest absolute Gasteiger partial charge is 0.420 e. The van der Waals surface area contributed by atoms with E-state index in [9.17, 15) is 9.59 Å². The first-order chi connectivity index (χ1) is 14.9. The van der Waals surface area contributed by atoms with Crippen LogP contribution in [-0.2, 0) is 4.74 Å². The number of anilines is 5. The number of rotatable bonds is 4. The molecule has 1 aromatic carbocycles. The maximum Gasteiger partial charge on any atom is 0.406 e. The number of aromatic nitrogens is 3. The zero-order valence-electron chi connectivity index (χ0n) is 16.1. The second-order valence-electron chi connectivity index (χ2n) is 6.46. The molecule has 4 rings (SSSR count). The fourth-order valence-corrected chi connectivity index (χ4v) is 3.08. The van der Waals surface area contributed by atoms with Crippen molar-refractivity contribution in [3.05, 3.63) is 72.8 Å². The Morgan fingerprint density at radius 1 is 1.13 bits per heavy atom. The lowest BCUT2D eigenvalue weighted by molar-refractivity contribution is 0.102. The van der Waals surface area contributed by atoms with E-state index in [4.69, 9.17) is 16.2 Å². The first kappa shape index (κ1) is 19.6. The van der Waals surface area contributed by atoms with Gasteiger partial charge in [0.25, 0.3) is 5.91 Å². The van der Waals surface area contributed by atoms with Gasteiger partial charge in [-0.15, -0.1) is 0 Å². The van der Waals surface area contributed by atoms with Gasteiger partial charge >= 0.3 is 6.09 Å². The van der Waals surface area contributed by atoms with Crippen LogP contribution in [0, 0.1) is 0 Å². The predicted molar refractivity (Wildman–Crippen MR) is 114 cm³/mol. The highest BCUT2D eigenvalue weighted by Gasteiger charge is 2.34. The summed E-state index contributed by atoms with van der Waals surface area (Å²) in [6.45, 7) is 3.99. The number of nitrogens with one attached hydrogen (secondary N) is 2. The first-order valence-corrected chi connectivity index (χ1v) is 9.08. The summed E-state index contributed by atoms with van der Waals surface area (Å²) in [5, 5.41) is 5.63. The molecular weight excluding hydrogens is 400 g/mol. The van der Waals surface area contributed by atoms with Crippen molar-refractivity contribution in [3.63, 3.8) is 0 Å². The van der Waals surface area contributed by atoms with Crippen molar-refractivity contribution in [2.75, 3.05) is 21.3 Å². The predicted octanol–water partition coefficient (Wildman–Crippen LogP) is 2.20. The van der Waals surface area contributed by atoms with Crippen LogP contribution >= 0.6 is 0 Å². The maximum absolute atomic E-state index is 12.5. The fraction of sp³-hybridized carbons (Fsp3) is 0.0500. The number of carbonyl (C=O) groups excluding carboxylic acids is 2. The molecule has 1 aliphatic heterocycles. The molecule has 0 aliphatic carbocycles. The van der Waals surface area contributed by atoms with Crippen molar-refractivity contribution in [2.45, 2.75) is 6.23 Å². The molecule has 156 valence electrons. The summed E-state index contributed by atoms with van der Waals surface area (Å²) in [5.74, 6) is 0.649. The Labute approximate surface area is 176 Å². The minimum absolute atomic E-state index is 0.188. The standard InChI is InChI=1S/C20H18N8O3/c1-11-19(31-20(22)30)27-17-15(16(21)24-10-25-17)28(11)13-7-5-12(6-8-13)18(29)26-14-4-2-3-9-23-14/h2-10,19H,1H2,(H2,22,30)(H,23,26,29)(H3,21,24,25,27)/t19-/m0/s1. The minimum atomic E-state index is -0.981. The highest BCUT2D eigenvalue weighted by Crippen LogP contribution is 2.42. The third-order valence-electron chi connectivity index (χ3n) is 4.46. The Hall–Kier alpha value is -4.67. The number of nitrogens with two attached hydrogens (primary N) is 2. The first-order valence-electron chi connectivity index (χ1n) is 9.08. The molecule has 0 spiro atoms. The molecule has 3 heterocycles. The number of carbonyl (C=O) groups is 2. The lowest BCUT2D eigenvalue weighted by Gasteiger charge is -2.37. The number of benzene rings is 1. The van der Waals surface area contributed by atoms with Crippen LogP contribution in [-0.4, -0.2) is 33.2 Å². The van der Waals surface area contributed by atoms with Gasteiger partial charge in [-0.25, -0.2) is 19.7 Å². The molecule has 1 aliphatic rings. The van der Waals surface area contributed by atoms with Gasteiger partial charge in [0.2, 0.25) is 6.23 Å². The van der Waals surface area contributed by atoms with Crippen molar-refractivity contribution >= 4 is 40.8 Å². The van der Waals surface area contributed by atoms with Crippen LogP contribution in [0.4, 0.5) is 33.6 Å². The normalized spacial score (nSPS) is 14.9. The molecule has 0 saturated carbocycles. The summed E-state index contributed by atoms with van der Waals surface area (Å²) in [7, 11) is 0. The molecule has 2 amide bonds. The van der Waals surface area contributed by atoms with Gasteiger partial charge in [-0.3, -0.25) is 4.79 Å². The topological polar surface area (TPSA) is 161 Å². The number of amides is 2. The quantitative estimate of drug-likeness (QED) is 0.497. The number of primary amides is 1. The van der Waals surface area contributed by atoms with Gasteiger partial charge in [-0.1, -0.05) is 12.6 Å². The van der Waals surface area contributed by atoms with Gasteiger partial charge < -0.3 is 31.7 Å². The average Bonchev–Trinajstić information content (AvgIpc) is 2.75. The van der Waals surface area contributed by atoms with Crippen LogP contribution in [0.15, 0.2) is 67.3 Å². The highest BCUT2D eigenvalue weighted by atomic mass is 16.6. The van der Waals surface area contributed by atoms with Crippen molar-refractivity contribution in [2.24, 2.45) is 5.73 Å². The summed E-state index contributed by atoms with van der Waals surface area (Å²) >= 11 is 0. The van der Waals surface area contributed by atoms with E-state index in [1.54, 1.807) is 53.6 Å². The van der Waals surface area contributed by atoms with E-state index in [2.05, 4.69) is 32.2 Å². The molecule has 0 fully saturated rings. The summed E-state index contributed by atoms with van der Waals surface area (Å²) in [5.41, 5.74) is 13.0. The van der Waals surface area contributed by atoms with Gasteiger partial charge in [0.15, 0.2) is 11.6 Å². The maximum atomic E-state index is 12.5. The second kappa shape index (κ2) is 7.99. The molecular formula is C20H18N8O3. The van der Waals surface area contributed by atoms with Crippen LogP contribution in [0.2, 0.25) is 0 Å². The molecule has 0 bridgehead atoms. The molecule has 1 atom stereocenters. The summed E-state index contributed by atoms with van der Waals surface area (Å²) in [6.07, 6.45) is 0.917. The third-order valence-corrected chi connectivity index (χ3v) is 4.46. The van der Waals surface area contributed by atoms with E-state index < -0.39 is 12.3 Å². The van der Waals surface area contributed by atoms with Gasteiger partial charge in [0.1, 0.15) is 17.8 Å². The lowest BCUT2D eigenvalue weighted by atomic mass is 10.1. The van der Waals surface area contributed by atoms with Crippen LogP contribution in [0.1, 0.15) is 10.4 Å². The van der Waals surface area contributed by atoms with Crippen LogP contribution in [0.25, 0.3) is 0 Å². The molecule has 2 aromatic heterocycles. The highest BCUT2D eigenvalue weighted by molar-refractivity contribution is 6.04. The average molecular weight is 418 g/mol. The van der Waals surface area contributed by atoms with Gasteiger partial charge in [0.05, 0.1) is 5.70 Å². The van der Waals surface area contributed by atoms with Gasteiger partial charge in [-0.05, 0) is 36.4 Å². The zero-order valence-corrected chi connectivity index (χ0v) is 16.1. The number of fused-ring (bicyclic) bond motifs is 1. The number of nitrogen functional groups attached to an aromatic ring is 1. The van der Waals surface area contributed by atoms with Crippen molar-refractivity contribution in [3.8, 4) is 0 Å². The van der Waals surface area contributed by atoms with E-state index >= 15 is 0 Å². The SMILES string of the molecule is C=C1[C@H](OC(N)=O)Nc2ncnc(N)c2N1c1ccc(C(=O)Nc2ccccn2)cc1. The Kier molecular flexibility index (Phi) is 5.06. The summed E-state index contributed by atoms with van der Waals surface area (Å²) in [6, 6.07) is 11.9. The monoisotopic (exact) mass is 418 g/mol. The molecule has 31 heavy (non-hydrogen) atoms. The van der Waals surface area contributed by atoms with E-state index in [1.807, 2.05) is 0 Å². The molecule has 0 unspecified atom stereocenters. The molecule has 11 nitrogen and oxygen atoms in total. The molecule has 11 heteroatoms. The summed E-state index contributed by atoms with van der Waals surface area (Å²) < 4.78 is 5.09.